The van der Waals surface area contributed by atoms with Gasteiger partial charge in [0.25, 0.3) is 0 Å². The van der Waals surface area contributed by atoms with Crippen molar-refractivity contribution in [2.45, 2.75) is 18.7 Å². The number of aromatic amines is 1. The van der Waals surface area contributed by atoms with Gasteiger partial charge < -0.3 is 19.8 Å². The fourth-order valence-corrected chi connectivity index (χ4v) is 3.15. The van der Waals surface area contributed by atoms with Crippen molar-refractivity contribution in [2.24, 2.45) is 0 Å². The van der Waals surface area contributed by atoms with Crippen molar-refractivity contribution in [3.8, 4) is 11.5 Å². The third-order valence-corrected chi connectivity index (χ3v) is 4.48. The van der Waals surface area contributed by atoms with Crippen molar-refractivity contribution in [1.82, 2.24) is 15.0 Å². The van der Waals surface area contributed by atoms with Gasteiger partial charge in [0.15, 0.2) is 16.7 Å². The molecule has 3 aromatic rings. The van der Waals surface area contributed by atoms with E-state index in [2.05, 4.69) is 25.0 Å². The number of nitrogens with zero attached hydrogens (tertiary/aromatic N) is 2. The molecule has 0 saturated heterocycles. The van der Waals surface area contributed by atoms with E-state index in [1.165, 1.54) is 36.2 Å². The van der Waals surface area contributed by atoms with Crippen molar-refractivity contribution < 1.29 is 23.0 Å². The number of ether oxygens (including phenoxy) is 2. The second kappa shape index (κ2) is 9.07. The second-order valence-corrected chi connectivity index (χ2v) is 6.73. The molecule has 2 aromatic heterocycles. The van der Waals surface area contributed by atoms with E-state index in [9.17, 15) is 13.6 Å². The van der Waals surface area contributed by atoms with Crippen LogP contribution in [0.15, 0.2) is 35.6 Å². The van der Waals surface area contributed by atoms with Gasteiger partial charge in [-0.15, -0.1) is 0 Å². The number of fused-ring (bicyclic) bond motifs is 1. The van der Waals surface area contributed by atoms with Gasteiger partial charge in [-0.1, -0.05) is 23.4 Å². The Balaban J connectivity index is 1.62. The fourth-order valence-electron chi connectivity index (χ4n) is 2.31. The second-order valence-electron chi connectivity index (χ2n) is 5.38. The van der Waals surface area contributed by atoms with Crippen LogP contribution in [0.4, 0.5) is 14.5 Å². The van der Waals surface area contributed by atoms with E-state index in [4.69, 9.17) is 16.3 Å². The Bertz CT molecular complexity index is 986. The summed E-state index contributed by atoms with van der Waals surface area (Å²) >= 11 is 7.03. The number of alkyl halides is 2. The minimum absolute atomic E-state index is 0.0836. The van der Waals surface area contributed by atoms with Crippen LogP contribution < -0.4 is 14.8 Å². The predicted octanol–water partition coefficient (Wildman–Crippen LogP) is 4.34. The first kappa shape index (κ1) is 20.2. The zero-order valence-corrected chi connectivity index (χ0v) is 16.1. The number of thioether (sulfide) groups is 1. The van der Waals surface area contributed by atoms with Crippen molar-refractivity contribution in [3.63, 3.8) is 0 Å². The van der Waals surface area contributed by atoms with Crippen LogP contribution in [-0.2, 0) is 4.79 Å². The SMILES string of the molecule is CCOc1cc(NC(=O)CSc2nc3cnc(Cl)cc3[nH]2)ccc1OC(F)F. The highest BCUT2D eigenvalue weighted by atomic mass is 35.5. The third kappa shape index (κ3) is 5.23. The molecule has 148 valence electrons. The molecule has 0 fully saturated rings. The Labute approximate surface area is 167 Å². The lowest BCUT2D eigenvalue weighted by Gasteiger charge is -2.13. The monoisotopic (exact) mass is 428 g/mol. The predicted molar refractivity (Wildman–Crippen MR) is 102 cm³/mol. The molecule has 0 saturated carbocycles. The maximum absolute atomic E-state index is 12.4. The summed E-state index contributed by atoms with van der Waals surface area (Å²) in [5.74, 6) is -0.194. The summed E-state index contributed by atoms with van der Waals surface area (Å²) in [6, 6.07) is 5.85. The number of anilines is 1. The lowest BCUT2D eigenvalue weighted by Crippen LogP contribution is -2.14. The molecule has 0 atom stereocenters. The maximum Gasteiger partial charge on any atom is 0.387 e. The zero-order chi connectivity index (χ0) is 20.1. The van der Waals surface area contributed by atoms with Crippen LogP contribution in [0.2, 0.25) is 5.15 Å². The quantitative estimate of drug-likeness (QED) is 0.410. The summed E-state index contributed by atoms with van der Waals surface area (Å²) in [6.45, 7) is -0.994. The van der Waals surface area contributed by atoms with E-state index >= 15 is 0 Å². The molecule has 2 heterocycles. The minimum atomic E-state index is -2.97. The lowest BCUT2D eigenvalue weighted by molar-refractivity contribution is -0.113. The van der Waals surface area contributed by atoms with Crippen LogP contribution in [0.3, 0.4) is 0 Å². The molecule has 0 radical (unpaired) electrons. The summed E-state index contributed by atoms with van der Waals surface area (Å²) in [6.07, 6.45) is 1.54. The first-order chi connectivity index (χ1) is 13.4. The van der Waals surface area contributed by atoms with Crippen LogP contribution in [0, 0.1) is 0 Å². The molecule has 0 unspecified atom stereocenters. The topological polar surface area (TPSA) is 89.1 Å². The summed E-state index contributed by atoms with van der Waals surface area (Å²) in [4.78, 5) is 23.5. The van der Waals surface area contributed by atoms with Gasteiger partial charge in [-0.3, -0.25) is 4.79 Å². The normalized spacial score (nSPS) is 11.0. The molecule has 0 aliphatic heterocycles. The molecule has 1 amide bonds. The van der Waals surface area contributed by atoms with E-state index < -0.39 is 6.61 Å². The molecular formula is C17H15ClF2N4O3S. The number of pyridine rings is 1. The molecular weight excluding hydrogens is 414 g/mol. The van der Waals surface area contributed by atoms with Gasteiger partial charge in [-0.05, 0) is 19.1 Å². The number of carbonyl (C=O) groups excluding carboxylic acids is 1. The summed E-state index contributed by atoms with van der Waals surface area (Å²) in [5, 5.41) is 3.57. The van der Waals surface area contributed by atoms with Crippen molar-refractivity contribution in [2.75, 3.05) is 17.7 Å². The van der Waals surface area contributed by atoms with Gasteiger partial charge in [0.2, 0.25) is 5.91 Å². The number of H-pyrrole nitrogens is 1. The Kier molecular flexibility index (Phi) is 6.53. The summed E-state index contributed by atoms with van der Waals surface area (Å²) < 4.78 is 34.6. The first-order valence-corrected chi connectivity index (χ1v) is 9.46. The smallest absolute Gasteiger partial charge is 0.387 e. The van der Waals surface area contributed by atoms with Crippen LogP contribution in [0.1, 0.15) is 6.92 Å². The van der Waals surface area contributed by atoms with Crippen LogP contribution in [0.5, 0.6) is 11.5 Å². The highest BCUT2D eigenvalue weighted by molar-refractivity contribution is 7.99. The summed E-state index contributed by atoms with van der Waals surface area (Å²) in [7, 11) is 0. The van der Waals surface area contributed by atoms with Gasteiger partial charge >= 0.3 is 6.61 Å². The molecule has 0 spiro atoms. The highest BCUT2D eigenvalue weighted by Crippen LogP contribution is 2.32. The lowest BCUT2D eigenvalue weighted by atomic mass is 10.2. The van der Waals surface area contributed by atoms with Crippen LogP contribution in [0.25, 0.3) is 11.0 Å². The fraction of sp³-hybridized carbons (Fsp3) is 0.235. The zero-order valence-electron chi connectivity index (χ0n) is 14.5. The molecule has 2 N–H and O–H groups in total. The van der Waals surface area contributed by atoms with Gasteiger partial charge in [-0.25, -0.2) is 9.97 Å². The van der Waals surface area contributed by atoms with Crippen molar-refractivity contribution in [3.05, 3.63) is 35.6 Å². The molecule has 0 aliphatic rings. The number of hydrogen-bond acceptors (Lipinski definition) is 6. The number of amides is 1. The number of aromatic nitrogens is 3. The van der Waals surface area contributed by atoms with E-state index in [0.717, 1.165) is 5.52 Å². The molecule has 0 bridgehead atoms. The number of hydrogen-bond donors (Lipinski definition) is 2. The molecule has 0 aliphatic carbocycles. The Morgan fingerprint density at radius 1 is 1.36 bits per heavy atom. The van der Waals surface area contributed by atoms with E-state index in [-0.39, 0.29) is 29.8 Å². The van der Waals surface area contributed by atoms with Gasteiger partial charge in [0.1, 0.15) is 10.7 Å². The Morgan fingerprint density at radius 3 is 2.93 bits per heavy atom. The molecule has 28 heavy (non-hydrogen) atoms. The van der Waals surface area contributed by atoms with Crippen LogP contribution in [-0.4, -0.2) is 39.8 Å². The average molecular weight is 429 g/mol. The van der Waals surface area contributed by atoms with Crippen molar-refractivity contribution in [1.29, 1.82) is 0 Å². The largest absolute Gasteiger partial charge is 0.490 e. The third-order valence-electron chi connectivity index (χ3n) is 3.40. The molecule has 7 nitrogen and oxygen atoms in total. The van der Waals surface area contributed by atoms with Gasteiger partial charge in [0, 0.05) is 17.8 Å². The maximum atomic E-state index is 12.4. The summed E-state index contributed by atoms with van der Waals surface area (Å²) in [5.41, 5.74) is 1.76. The van der Waals surface area contributed by atoms with Crippen molar-refractivity contribution >= 4 is 46.0 Å². The standard InChI is InChI=1S/C17H15ClF2N4O3S/c1-2-26-13-5-9(3-4-12(13)27-16(19)20)22-15(25)8-28-17-23-10-6-14(18)21-7-11(10)24-17/h3-7,16H,2,8H2,1H3,(H,22,25)(H,23,24). The minimum Gasteiger partial charge on any atom is -0.490 e. The first-order valence-electron chi connectivity index (χ1n) is 8.10. The average Bonchev–Trinajstić information content (AvgIpc) is 3.04. The molecule has 11 heteroatoms. The number of halogens is 3. The molecule has 3 rings (SSSR count). The number of rotatable bonds is 8. The number of benzene rings is 1. The van der Waals surface area contributed by atoms with Gasteiger partial charge in [-0.2, -0.15) is 8.78 Å². The highest BCUT2D eigenvalue weighted by Gasteiger charge is 2.13. The van der Waals surface area contributed by atoms with E-state index in [1.807, 2.05) is 0 Å². The number of imidazole rings is 1. The Hall–Kier alpha value is -2.59. The van der Waals surface area contributed by atoms with Gasteiger partial charge in [0.05, 0.1) is 24.1 Å². The number of carbonyl (C=O) groups is 1. The van der Waals surface area contributed by atoms with Crippen LogP contribution >= 0.6 is 23.4 Å². The van der Waals surface area contributed by atoms with E-state index in [0.29, 0.717) is 21.5 Å². The Morgan fingerprint density at radius 2 is 2.18 bits per heavy atom. The van der Waals surface area contributed by atoms with E-state index in [1.54, 1.807) is 13.0 Å². The molecule has 1 aromatic carbocycles. The number of nitrogens with one attached hydrogen (secondary N) is 2.